The van der Waals surface area contributed by atoms with Gasteiger partial charge in [-0.15, -0.1) is 0 Å². The lowest BCUT2D eigenvalue weighted by atomic mass is 9.72. The van der Waals surface area contributed by atoms with Crippen molar-refractivity contribution in [1.29, 1.82) is 0 Å². The van der Waals surface area contributed by atoms with Crippen molar-refractivity contribution >= 4 is 39.8 Å². The van der Waals surface area contributed by atoms with Crippen LogP contribution in [0, 0.1) is 6.92 Å². The maximum absolute atomic E-state index is 4.98. The van der Waals surface area contributed by atoms with Gasteiger partial charge in [0.1, 0.15) is 0 Å². The summed E-state index contributed by atoms with van der Waals surface area (Å²) in [6.07, 6.45) is 8.31. The van der Waals surface area contributed by atoms with Crippen LogP contribution in [0.2, 0.25) is 0 Å². The van der Waals surface area contributed by atoms with Gasteiger partial charge >= 0.3 is 0 Å². The molecular formula is C49H43N3. The van der Waals surface area contributed by atoms with Crippen LogP contribution in [0.3, 0.4) is 0 Å². The molecule has 0 spiro atoms. The van der Waals surface area contributed by atoms with E-state index >= 15 is 0 Å². The molecular weight excluding hydrogens is 631 g/mol. The van der Waals surface area contributed by atoms with Crippen LogP contribution < -0.4 is 14.7 Å². The Morgan fingerprint density at radius 1 is 0.596 bits per heavy atom. The number of nitrogens with zero attached hydrogens (tertiary/aromatic N) is 3. The van der Waals surface area contributed by atoms with Gasteiger partial charge in [0, 0.05) is 46.7 Å². The summed E-state index contributed by atoms with van der Waals surface area (Å²) in [7, 11) is 0. The molecule has 0 atom stereocenters. The lowest BCUT2D eigenvalue weighted by Gasteiger charge is -2.46. The van der Waals surface area contributed by atoms with Gasteiger partial charge in [-0.05, 0) is 101 Å². The van der Waals surface area contributed by atoms with Crippen molar-refractivity contribution in [2.24, 2.45) is 0 Å². The van der Waals surface area contributed by atoms with E-state index in [1.165, 1.54) is 78.8 Å². The van der Waals surface area contributed by atoms with Gasteiger partial charge in [0.15, 0.2) is 0 Å². The number of benzene rings is 6. The largest absolute Gasteiger partial charge is 0.310 e. The van der Waals surface area contributed by atoms with E-state index in [0.717, 1.165) is 24.2 Å². The minimum atomic E-state index is -0.268. The maximum Gasteiger partial charge on any atom is 0.0696 e. The summed E-state index contributed by atoms with van der Waals surface area (Å²) in [6, 6.07) is 49.0. The van der Waals surface area contributed by atoms with Crippen molar-refractivity contribution in [3.63, 3.8) is 0 Å². The molecule has 6 aromatic carbocycles. The predicted molar refractivity (Wildman–Crippen MR) is 219 cm³/mol. The van der Waals surface area contributed by atoms with E-state index in [9.17, 15) is 0 Å². The van der Waals surface area contributed by atoms with Crippen LogP contribution in [0.25, 0.3) is 0 Å². The Morgan fingerprint density at radius 3 is 1.63 bits per heavy atom. The highest BCUT2D eigenvalue weighted by Crippen LogP contribution is 2.55. The Kier molecular flexibility index (Phi) is 7.55. The van der Waals surface area contributed by atoms with Crippen molar-refractivity contribution in [3.8, 4) is 0 Å². The average Bonchev–Trinajstić information content (AvgIpc) is 3.17. The van der Waals surface area contributed by atoms with Crippen LogP contribution in [-0.2, 0) is 18.3 Å². The standard InChI is InChI=1S/C49H43N3/c1-6-7-23-42(52-45-26-15-10-20-37(45)31-38-21-11-16-27-46(38)52)34(3)50-47-28-17-12-22-40(47)49(4,5)41-32-39(29-33(2)48(41)50)51-43-24-13-8-18-35(43)30-36-19-9-14-25-44(36)51/h6-29,32H,3,30-31H2,1-2,4-5H3/b7-6-,42-23-. The van der Waals surface area contributed by atoms with E-state index < -0.39 is 0 Å². The first-order valence-electron chi connectivity index (χ1n) is 18.4. The zero-order valence-corrected chi connectivity index (χ0v) is 30.4. The Balaban J connectivity index is 1.26. The van der Waals surface area contributed by atoms with Crippen molar-refractivity contribution in [2.75, 3.05) is 14.7 Å². The molecule has 0 aliphatic carbocycles. The predicted octanol–water partition coefficient (Wildman–Crippen LogP) is 12.9. The molecule has 0 fully saturated rings. The second kappa shape index (κ2) is 12.3. The van der Waals surface area contributed by atoms with Gasteiger partial charge in [0.25, 0.3) is 0 Å². The zero-order valence-electron chi connectivity index (χ0n) is 30.4. The van der Waals surface area contributed by atoms with E-state index in [0.29, 0.717) is 0 Å². The summed E-state index contributed by atoms with van der Waals surface area (Å²) in [5.41, 5.74) is 19.2. The normalized spacial score (nSPS) is 15.3. The minimum absolute atomic E-state index is 0.268. The number of hydrogen-bond donors (Lipinski definition) is 0. The van der Waals surface area contributed by atoms with Crippen LogP contribution in [0.15, 0.2) is 170 Å². The molecule has 0 radical (unpaired) electrons. The quantitative estimate of drug-likeness (QED) is 0.168. The van der Waals surface area contributed by atoms with Gasteiger partial charge in [0.2, 0.25) is 0 Å². The highest BCUT2D eigenvalue weighted by molar-refractivity contribution is 5.91. The molecule has 52 heavy (non-hydrogen) atoms. The van der Waals surface area contributed by atoms with Crippen LogP contribution >= 0.6 is 0 Å². The highest BCUT2D eigenvalue weighted by atomic mass is 15.2. The van der Waals surface area contributed by atoms with Crippen LogP contribution in [0.4, 0.5) is 39.8 Å². The fraction of sp³-hybridized carbons (Fsp3) is 0.143. The lowest BCUT2D eigenvalue weighted by molar-refractivity contribution is 0.629. The van der Waals surface area contributed by atoms with E-state index in [2.05, 4.69) is 194 Å². The van der Waals surface area contributed by atoms with E-state index in [1.807, 2.05) is 0 Å². The van der Waals surface area contributed by atoms with Crippen molar-refractivity contribution in [1.82, 2.24) is 0 Å². The van der Waals surface area contributed by atoms with Gasteiger partial charge in [-0.25, -0.2) is 0 Å². The summed E-state index contributed by atoms with van der Waals surface area (Å²) in [5, 5.41) is 0. The zero-order chi connectivity index (χ0) is 35.6. The SMILES string of the molecule is C=C(/C(=C/C=C\C)N1c2ccccc2Cc2ccccc21)N1c2ccccc2C(C)(C)c2cc(N3c4ccccc4Cc4ccccc43)cc(C)c21. The Morgan fingerprint density at radius 2 is 1.08 bits per heavy atom. The summed E-state index contributed by atoms with van der Waals surface area (Å²) in [6.45, 7) is 14.1. The summed E-state index contributed by atoms with van der Waals surface area (Å²) in [5.74, 6) is 0. The number of fused-ring (bicyclic) bond motifs is 6. The van der Waals surface area contributed by atoms with Gasteiger partial charge < -0.3 is 14.7 Å². The maximum atomic E-state index is 4.98. The summed E-state index contributed by atoms with van der Waals surface area (Å²) in [4.78, 5) is 7.32. The van der Waals surface area contributed by atoms with Crippen LogP contribution in [0.5, 0.6) is 0 Å². The van der Waals surface area contributed by atoms with E-state index in [1.54, 1.807) is 0 Å². The molecule has 0 N–H and O–H groups in total. The average molecular weight is 674 g/mol. The topological polar surface area (TPSA) is 9.72 Å². The molecule has 3 heteroatoms. The third kappa shape index (κ3) is 4.87. The molecule has 0 aromatic heterocycles. The second-order valence-corrected chi connectivity index (χ2v) is 14.7. The second-order valence-electron chi connectivity index (χ2n) is 14.7. The Hall–Kier alpha value is -6.06. The fourth-order valence-electron chi connectivity index (χ4n) is 8.73. The van der Waals surface area contributed by atoms with Crippen molar-refractivity contribution in [3.05, 3.63) is 209 Å². The van der Waals surface area contributed by atoms with Gasteiger partial charge in [0.05, 0.1) is 22.8 Å². The molecule has 0 saturated carbocycles. The third-order valence-electron chi connectivity index (χ3n) is 11.2. The number of aryl methyl sites for hydroxylation is 1. The molecule has 3 aliphatic rings. The number of rotatable bonds is 5. The molecule has 6 aromatic rings. The van der Waals surface area contributed by atoms with Crippen LogP contribution in [-0.4, -0.2) is 0 Å². The molecule has 0 saturated heterocycles. The van der Waals surface area contributed by atoms with Gasteiger partial charge in [-0.3, -0.25) is 0 Å². The molecule has 254 valence electrons. The molecule has 0 unspecified atom stereocenters. The number of anilines is 7. The first kappa shape index (κ1) is 31.9. The van der Waals surface area contributed by atoms with E-state index in [-0.39, 0.29) is 5.41 Å². The minimum Gasteiger partial charge on any atom is -0.310 e. The molecule has 3 nitrogen and oxygen atoms in total. The number of hydrogen-bond acceptors (Lipinski definition) is 3. The Labute approximate surface area is 308 Å². The smallest absolute Gasteiger partial charge is 0.0696 e. The Bertz CT molecular complexity index is 2370. The van der Waals surface area contributed by atoms with E-state index in [4.69, 9.17) is 6.58 Å². The number of para-hydroxylation sites is 5. The van der Waals surface area contributed by atoms with Crippen molar-refractivity contribution < 1.29 is 0 Å². The first-order chi connectivity index (χ1) is 25.4. The number of allylic oxidation sites excluding steroid dienone is 3. The van der Waals surface area contributed by atoms with Crippen LogP contribution in [0.1, 0.15) is 59.7 Å². The van der Waals surface area contributed by atoms with Gasteiger partial charge in [-0.2, -0.15) is 0 Å². The summed E-state index contributed by atoms with van der Waals surface area (Å²) < 4.78 is 0. The molecule has 3 heterocycles. The lowest BCUT2D eigenvalue weighted by Crippen LogP contribution is -2.36. The molecule has 0 amide bonds. The highest BCUT2D eigenvalue weighted by Gasteiger charge is 2.40. The molecule has 3 aliphatic heterocycles. The first-order valence-corrected chi connectivity index (χ1v) is 18.4. The molecule has 9 rings (SSSR count). The molecule has 0 bridgehead atoms. The van der Waals surface area contributed by atoms with Crippen molar-refractivity contribution in [2.45, 2.75) is 46.0 Å². The third-order valence-corrected chi connectivity index (χ3v) is 11.2. The van der Waals surface area contributed by atoms with Gasteiger partial charge in [-0.1, -0.05) is 124 Å². The monoisotopic (exact) mass is 673 g/mol. The fourth-order valence-corrected chi connectivity index (χ4v) is 8.73. The summed E-state index contributed by atoms with van der Waals surface area (Å²) >= 11 is 0.